The summed E-state index contributed by atoms with van der Waals surface area (Å²) >= 11 is 0. The van der Waals surface area contributed by atoms with E-state index in [2.05, 4.69) is 16.0 Å². The maximum Gasteiger partial charge on any atom is 0.256 e. The second-order valence-electron chi connectivity index (χ2n) is 9.35. The molecule has 1 aliphatic rings. The first-order chi connectivity index (χ1) is 18.5. The molecule has 0 unspecified atom stereocenters. The number of hydrogen-bond acceptors (Lipinski definition) is 5. The van der Waals surface area contributed by atoms with Crippen molar-refractivity contribution in [2.45, 2.75) is 37.5 Å². The molecule has 1 heterocycles. The van der Waals surface area contributed by atoms with Gasteiger partial charge in [0.05, 0.1) is 0 Å². The highest BCUT2D eigenvalue weighted by atomic mass is 16.6. The lowest BCUT2D eigenvalue weighted by atomic mass is 10.1. The van der Waals surface area contributed by atoms with Crippen molar-refractivity contribution in [1.82, 2.24) is 5.32 Å². The summed E-state index contributed by atoms with van der Waals surface area (Å²) in [4.78, 5) is 39.0. The molecule has 0 radical (unpaired) electrons. The minimum Gasteiger partial charge on any atom is -0.349 e. The zero-order valence-corrected chi connectivity index (χ0v) is 20.9. The number of nitrogens with two attached hydrogens (primary N) is 1. The molecular weight excluding hydrogens is 480 g/mol. The molecule has 3 atom stereocenters. The summed E-state index contributed by atoms with van der Waals surface area (Å²) in [6.07, 6.45) is -0.0589. The first-order valence-corrected chi connectivity index (χ1v) is 12.8. The molecular formula is C30H30N4O4. The Morgan fingerprint density at radius 1 is 0.711 bits per heavy atom. The quantitative estimate of drug-likeness (QED) is 0.190. The Morgan fingerprint density at radius 2 is 1.26 bits per heavy atom. The van der Waals surface area contributed by atoms with Crippen LogP contribution in [0.15, 0.2) is 84.9 Å². The third-order valence-corrected chi connectivity index (χ3v) is 6.68. The average Bonchev–Trinajstić information content (AvgIpc) is 3.75. The number of carbonyl (C=O) groups excluding carboxylic acids is 3. The monoisotopic (exact) mass is 510 g/mol. The third-order valence-electron chi connectivity index (χ3n) is 6.68. The summed E-state index contributed by atoms with van der Waals surface area (Å²) in [6.45, 7) is 0.494. The van der Waals surface area contributed by atoms with E-state index in [4.69, 9.17) is 10.5 Å². The number of carbonyl (C=O) groups is 3. The number of ether oxygens (including phenoxy) is 1. The molecule has 0 aromatic heterocycles. The van der Waals surface area contributed by atoms with Crippen LogP contribution in [0.3, 0.4) is 0 Å². The third kappa shape index (κ3) is 5.66. The molecule has 0 spiro atoms. The van der Waals surface area contributed by atoms with Crippen LogP contribution < -0.4 is 21.7 Å². The zero-order valence-electron chi connectivity index (χ0n) is 20.9. The highest BCUT2D eigenvalue weighted by molar-refractivity contribution is 6.08. The first kappa shape index (κ1) is 25.4. The number of benzene rings is 4. The van der Waals surface area contributed by atoms with E-state index >= 15 is 0 Å². The molecule has 38 heavy (non-hydrogen) atoms. The number of anilines is 2. The fourth-order valence-corrected chi connectivity index (χ4v) is 4.62. The van der Waals surface area contributed by atoms with Gasteiger partial charge in [-0.1, -0.05) is 72.8 Å². The normalized spacial score (nSPS) is 17.1. The molecule has 3 amide bonds. The van der Waals surface area contributed by atoms with Crippen molar-refractivity contribution in [1.29, 1.82) is 0 Å². The maximum absolute atomic E-state index is 13.2. The van der Waals surface area contributed by atoms with Gasteiger partial charge in [0, 0.05) is 22.1 Å². The summed E-state index contributed by atoms with van der Waals surface area (Å²) in [5.74, 6) is -1.22. The van der Waals surface area contributed by atoms with Gasteiger partial charge in [-0.05, 0) is 48.7 Å². The Labute approximate surface area is 220 Å². The Morgan fingerprint density at radius 3 is 1.89 bits per heavy atom. The Balaban J connectivity index is 1.23. The van der Waals surface area contributed by atoms with Gasteiger partial charge in [0.1, 0.15) is 6.04 Å². The van der Waals surface area contributed by atoms with Gasteiger partial charge in [-0.3, -0.25) is 14.4 Å². The van der Waals surface area contributed by atoms with Crippen molar-refractivity contribution in [3.05, 3.63) is 84.9 Å². The molecule has 0 saturated carbocycles. The van der Waals surface area contributed by atoms with E-state index in [1.807, 2.05) is 84.9 Å². The maximum atomic E-state index is 13.2. The van der Waals surface area contributed by atoms with Crippen molar-refractivity contribution < 1.29 is 19.1 Å². The largest absolute Gasteiger partial charge is 0.349 e. The topological polar surface area (TPSA) is 126 Å². The molecule has 0 aliphatic carbocycles. The molecule has 5 rings (SSSR count). The van der Waals surface area contributed by atoms with Crippen molar-refractivity contribution in [3.63, 3.8) is 0 Å². The van der Waals surface area contributed by atoms with Gasteiger partial charge in [0.25, 0.3) is 11.8 Å². The van der Waals surface area contributed by atoms with Crippen LogP contribution >= 0.6 is 0 Å². The SMILES string of the molecule is NCCCC[C@H](NC(=O)[C@H]1O[C@@H]1C(=O)Nc1cccc2ccccc12)C(=O)Nc1cccc2ccccc12. The average molecular weight is 511 g/mol. The molecule has 194 valence electrons. The molecule has 0 bridgehead atoms. The van der Waals surface area contributed by atoms with E-state index in [0.29, 0.717) is 30.8 Å². The fraction of sp³-hybridized carbons (Fsp3) is 0.233. The second-order valence-corrected chi connectivity index (χ2v) is 9.35. The molecule has 1 fully saturated rings. The van der Waals surface area contributed by atoms with Crippen LogP contribution in [0.2, 0.25) is 0 Å². The van der Waals surface area contributed by atoms with E-state index in [1.165, 1.54) is 0 Å². The van der Waals surface area contributed by atoms with Crippen LogP contribution in [0.25, 0.3) is 21.5 Å². The number of hydrogen-bond donors (Lipinski definition) is 4. The Bertz CT molecular complexity index is 1480. The van der Waals surface area contributed by atoms with Crippen LogP contribution in [-0.4, -0.2) is 42.5 Å². The van der Waals surface area contributed by atoms with Crippen LogP contribution in [0.4, 0.5) is 11.4 Å². The number of nitrogens with one attached hydrogen (secondary N) is 3. The molecule has 8 heteroatoms. The van der Waals surface area contributed by atoms with Crippen LogP contribution in [0, 0.1) is 0 Å². The van der Waals surface area contributed by atoms with Gasteiger partial charge in [-0.25, -0.2) is 0 Å². The Hall–Kier alpha value is -4.27. The molecule has 1 saturated heterocycles. The van der Waals surface area contributed by atoms with Gasteiger partial charge in [-0.2, -0.15) is 0 Å². The molecule has 4 aromatic rings. The minimum atomic E-state index is -0.952. The molecule has 5 N–H and O–H groups in total. The number of unbranched alkanes of at least 4 members (excludes halogenated alkanes) is 1. The highest BCUT2D eigenvalue weighted by Crippen LogP contribution is 2.28. The lowest BCUT2D eigenvalue weighted by Gasteiger charge is -2.19. The van der Waals surface area contributed by atoms with E-state index in [9.17, 15) is 14.4 Å². The van der Waals surface area contributed by atoms with Gasteiger partial charge in [0.15, 0.2) is 12.2 Å². The number of amides is 3. The second kappa shape index (κ2) is 11.4. The number of fused-ring (bicyclic) bond motifs is 2. The summed E-state index contributed by atoms with van der Waals surface area (Å²) in [7, 11) is 0. The van der Waals surface area contributed by atoms with Crippen LogP contribution in [0.1, 0.15) is 19.3 Å². The van der Waals surface area contributed by atoms with E-state index in [0.717, 1.165) is 28.0 Å². The summed E-state index contributed by atoms with van der Waals surface area (Å²) in [6, 6.07) is 26.0. The Kier molecular flexibility index (Phi) is 7.62. The lowest BCUT2D eigenvalue weighted by molar-refractivity contribution is -0.127. The summed E-state index contributed by atoms with van der Waals surface area (Å²) in [5, 5.41) is 12.4. The van der Waals surface area contributed by atoms with Crippen molar-refractivity contribution in [2.75, 3.05) is 17.2 Å². The van der Waals surface area contributed by atoms with Crippen molar-refractivity contribution >= 4 is 50.6 Å². The first-order valence-electron chi connectivity index (χ1n) is 12.8. The van der Waals surface area contributed by atoms with E-state index < -0.39 is 30.1 Å². The predicted octanol–water partition coefficient (Wildman–Crippen LogP) is 3.95. The van der Waals surface area contributed by atoms with Gasteiger partial charge < -0.3 is 26.4 Å². The smallest absolute Gasteiger partial charge is 0.256 e. The standard InChI is InChI=1S/C30H30N4O4/c31-18-6-5-15-25(28(35)32-23-16-7-11-19-9-1-3-13-21(19)23)34-30(37)27-26(38-27)29(36)33-24-17-8-12-20-10-2-4-14-22(20)24/h1-4,7-14,16-17,25-27H,5-6,15,18,31H2,(H,32,35)(H,33,36)(H,34,37)/t25-,26-,27-/m0/s1. The van der Waals surface area contributed by atoms with Crippen molar-refractivity contribution in [3.8, 4) is 0 Å². The highest BCUT2D eigenvalue weighted by Gasteiger charge is 2.51. The van der Waals surface area contributed by atoms with Gasteiger partial charge in [0.2, 0.25) is 5.91 Å². The van der Waals surface area contributed by atoms with E-state index in [1.54, 1.807) is 0 Å². The number of epoxide rings is 1. The summed E-state index contributed by atoms with van der Waals surface area (Å²) in [5.41, 5.74) is 6.95. The van der Waals surface area contributed by atoms with Gasteiger partial charge >= 0.3 is 0 Å². The lowest BCUT2D eigenvalue weighted by Crippen LogP contribution is -2.46. The van der Waals surface area contributed by atoms with Gasteiger partial charge in [-0.15, -0.1) is 0 Å². The molecule has 4 aromatic carbocycles. The summed E-state index contributed by atoms with van der Waals surface area (Å²) < 4.78 is 5.43. The van der Waals surface area contributed by atoms with Crippen LogP contribution in [-0.2, 0) is 19.1 Å². The molecule has 1 aliphatic heterocycles. The predicted molar refractivity (Wildman–Crippen MR) is 149 cm³/mol. The van der Waals surface area contributed by atoms with Crippen molar-refractivity contribution in [2.24, 2.45) is 5.73 Å². The zero-order chi connectivity index (χ0) is 26.5. The minimum absolute atomic E-state index is 0.330. The fourth-order valence-electron chi connectivity index (χ4n) is 4.62. The van der Waals surface area contributed by atoms with E-state index in [-0.39, 0.29) is 5.91 Å². The van der Waals surface area contributed by atoms with Crippen LogP contribution in [0.5, 0.6) is 0 Å². The number of rotatable bonds is 10. The molecule has 8 nitrogen and oxygen atoms in total.